The van der Waals surface area contributed by atoms with Crippen LogP contribution in [0, 0.1) is 0 Å². The number of esters is 1. The van der Waals surface area contributed by atoms with Gasteiger partial charge in [-0.3, -0.25) is 9.88 Å². The number of carbonyl (C=O) groups excluding carboxylic acids is 1. The van der Waals surface area contributed by atoms with Crippen molar-refractivity contribution in [3.8, 4) is 11.5 Å². The van der Waals surface area contributed by atoms with E-state index >= 15 is 0 Å². The van der Waals surface area contributed by atoms with Crippen molar-refractivity contribution in [2.24, 2.45) is 0 Å². The third-order valence-corrected chi connectivity index (χ3v) is 8.98. The van der Waals surface area contributed by atoms with Gasteiger partial charge >= 0.3 is 5.97 Å². The lowest BCUT2D eigenvalue weighted by Crippen LogP contribution is -2.38. The summed E-state index contributed by atoms with van der Waals surface area (Å²) in [6.07, 6.45) is 7.25. The van der Waals surface area contributed by atoms with E-state index in [2.05, 4.69) is 53.1 Å². The molecule has 0 aliphatic carbocycles. The molecule has 2 aliphatic heterocycles. The fourth-order valence-electron chi connectivity index (χ4n) is 6.69. The van der Waals surface area contributed by atoms with Gasteiger partial charge in [-0.1, -0.05) is 69.0 Å². The topological polar surface area (TPSA) is 73.4 Å². The summed E-state index contributed by atoms with van der Waals surface area (Å²) in [4.78, 5) is 24.3. The molecule has 242 valence electrons. The highest BCUT2D eigenvalue weighted by Crippen LogP contribution is 2.43. The van der Waals surface area contributed by atoms with Crippen LogP contribution in [0.3, 0.4) is 0 Å². The molecule has 0 radical (unpaired) electrons. The third kappa shape index (κ3) is 7.79. The van der Waals surface area contributed by atoms with E-state index in [9.17, 15) is 4.79 Å². The van der Waals surface area contributed by atoms with Crippen LogP contribution in [-0.4, -0.2) is 69.5 Å². The van der Waals surface area contributed by atoms with Crippen LogP contribution in [0.1, 0.15) is 90.4 Å². The Bertz CT molecular complexity index is 1410. The number of methoxy groups -OCH3 is 2. The number of carbonyl (C=O) groups is 1. The molecule has 1 atom stereocenters. The van der Waals surface area contributed by atoms with Crippen molar-refractivity contribution in [2.75, 3.05) is 58.6 Å². The van der Waals surface area contributed by atoms with Gasteiger partial charge in [0.15, 0.2) is 11.5 Å². The van der Waals surface area contributed by atoms with E-state index in [0.29, 0.717) is 38.3 Å². The van der Waals surface area contributed by atoms with E-state index in [0.717, 1.165) is 73.0 Å². The lowest BCUT2D eigenvalue weighted by atomic mass is 9.96. The first-order valence-electron chi connectivity index (χ1n) is 16.6. The molecule has 8 nitrogen and oxygen atoms in total. The number of nitrogens with zero attached hydrogens (tertiary/aromatic N) is 3. The van der Waals surface area contributed by atoms with E-state index in [1.165, 1.54) is 30.4 Å². The van der Waals surface area contributed by atoms with Crippen LogP contribution in [-0.2, 0) is 28.9 Å². The van der Waals surface area contributed by atoms with Crippen molar-refractivity contribution in [1.82, 2.24) is 9.88 Å². The van der Waals surface area contributed by atoms with Crippen molar-refractivity contribution in [3.63, 3.8) is 0 Å². The van der Waals surface area contributed by atoms with Gasteiger partial charge in [0.1, 0.15) is 0 Å². The predicted octanol–water partition coefficient (Wildman–Crippen LogP) is 6.77. The highest BCUT2D eigenvalue weighted by molar-refractivity contribution is 5.99. The molecular weight excluding hydrogens is 566 g/mol. The highest BCUT2D eigenvalue weighted by Gasteiger charge is 2.38. The molecule has 0 spiro atoms. The van der Waals surface area contributed by atoms with Crippen molar-refractivity contribution in [2.45, 2.75) is 71.4 Å². The Morgan fingerprint density at radius 3 is 2.44 bits per heavy atom. The summed E-state index contributed by atoms with van der Waals surface area (Å²) in [5, 5.41) is 0. The fraction of sp³-hybridized carbons (Fsp3) is 0.514. The maximum absolute atomic E-state index is 13.9. The van der Waals surface area contributed by atoms with Gasteiger partial charge in [0.05, 0.1) is 62.7 Å². The fourth-order valence-corrected chi connectivity index (χ4v) is 6.69. The summed E-state index contributed by atoms with van der Waals surface area (Å²) in [6.45, 7) is 8.66. The molecule has 2 aliphatic rings. The first-order chi connectivity index (χ1) is 22.1. The molecule has 45 heavy (non-hydrogen) atoms. The summed E-state index contributed by atoms with van der Waals surface area (Å²) >= 11 is 0. The molecule has 0 amide bonds. The molecule has 1 fully saturated rings. The zero-order valence-electron chi connectivity index (χ0n) is 27.5. The number of hydrogen-bond acceptors (Lipinski definition) is 8. The quantitative estimate of drug-likeness (QED) is 0.137. The summed E-state index contributed by atoms with van der Waals surface area (Å²) in [5.41, 5.74) is 7.00. The number of rotatable bonds is 15. The lowest BCUT2D eigenvalue weighted by Gasteiger charge is -2.32. The Morgan fingerprint density at radius 2 is 1.73 bits per heavy atom. The van der Waals surface area contributed by atoms with Crippen LogP contribution in [0.25, 0.3) is 0 Å². The van der Waals surface area contributed by atoms with E-state index in [4.69, 9.17) is 23.9 Å². The van der Waals surface area contributed by atoms with Gasteiger partial charge in [0.2, 0.25) is 0 Å². The molecule has 0 bridgehead atoms. The molecule has 0 N–H and O–H groups in total. The Balaban J connectivity index is 1.56. The van der Waals surface area contributed by atoms with Gasteiger partial charge in [0.25, 0.3) is 0 Å². The molecule has 1 saturated heterocycles. The van der Waals surface area contributed by atoms with Crippen molar-refractivity contribution < 1.29 is 23.7 Å². The average Bonchev–Trinajstić information content (AvgIpc) is 3.42. The van der Waals surface area contributed by atoms with Crippen LogP contribution in [0.5, 0.6) is 11.5 Å². The molecule has 0 saturated carbocycles. The summed E-state index contributed by atoms with van der Waals surface area (Å²) in [7, 11) is 3.33. The second kappa shape index (κ2) is 16.1. The minimum atomic E-state index is -0.251. The molecule has 1 unspecified atom stereocenters. The number of fused-ring (bicyclic) bond motifs is 1. The largest absolute Gasteiger partial charge is 0.493 e. The van der Waals surface area contributed by atoms with E-state index in [1.54, 1.807) is 14.2 Å². The highest BCUT2D eigenvalue weighted by atomic mass is 16.5. The molecule has 8 heteroatoms. The SMILES string of the molecule is CCCCCCC1c2nc(Cc3ccccc3)c(N3CCOCC3)c(C(=O)OCC)c2CN1CCc1ccc(OC)c(OC)c1. The predicted molar refractivity (Wildman–Crippen MR) is 178 cm³/mol. The number of morpholine rings is 1. The molecule has 1 aromatic heterocycles. The zero-order valence-corrected chi connectivity index (χ0v) is 27.5. The minimum Gasteiger partial charge on any atom is -0.493 e. The Labute approximate surface area is 268 Å². The minimum absolute atomic E-state index is 0.137. The monoisotopic (exact) mass is 615 g/mol. The molecule has 3 aromatic rings. The van der Waals surface area contributed by atoms with Crippen molar-refractivity contribution in [1.29, 1.82) is 0 Å². The van der Waals surface area contributed by atoms with E-state index in [1.807, 2.05) is 19.1 Å². The maximum Gasteiger partial charge on any atom is 0.340 e. The van der Waals surface area contributed by atoms with Crippen LogP contribution in [0.15, 0.2) is 48.5 Å². The van der Waals surface area contributed by atoms with Gasteiger partial charge in [-0.05, 0) is 43.0 Å². The van der Waals surface area contributed by atoms with Crippen LogP contribution >= 0.6 is 0 Å². The van der Waals surface area contributed by atoms with E-state index in [-0.39, 0.29) is 12.0 Å². The number of anilines is 1. The molecule has 3 heterocycles. The lowest BCUT2D eigenvalue weighted by molar-refractivity contribution is 0.0524. The Hall–Kier alpha value is -3.62. The second-order valence-electron chi connectivity index (χ2n) is 11.9. The standard InChI is InChI=1S/C37H49N3O5/c1-5-7-8-12-15-31-35-29(26-40(31)19-18-28-16-17-32(42-3)33(25-28)43-4)34(37(41)45-6-2)36(39-20-22-44-23-21-39)30(38-35)24-27-13-10-9-11-14-27/h9-11,13-14,16-17,25,31H,5-8,12,15,18-24,26H2,1-4H3. The third-order valence-electron chi connectivity index (χ3n) is 8.98. The number of unbranched alkanes of at least 4 members (excludes halogenated alkanes) is 3. The Morgan fingerprint density at radius 1 is 0.956 bits per heavy atom. The molecule has 5 rings (SSSR count). The summed E-state index contributed by atoms with van der Waals surface area (Å²) < 4.78 is 22.5. The number of benzene rings is 2. The second-order valence-corrected chi connectivity index (χ2v) is 11.9. The summed E-state index contributed by atoms with van der Waals surface area (Å²) in [6, 6.07) is 16.7. The van der Waals surface area contributed by atoms with Crippen LogP contribution in [0.4, 0.5) is 5.69 Å². The first kappa shape index (κ1) is 32.8. The number of ether oxygens (including phenoxy) is 4. The number of aromatic nitrogens is 1. The van der Waals surface area contributed by atoms with Crippen molar-refractivity contribution in [3.05, 3.63) is 82.2 Å². The average molecular weight is 616 g/mol. The van der Waals surface area contributed by atoms with Gasteiger partial charge in [0, 0.05) is 38.2 Å². The van der Waals surface area contributed by atoms with Gasteiger partial charge in [-0.2, -0.15) is 0 Å². The smallest absolute Gasteiger partial charge is 0.340 e. The van der Waals surface area contributed by atoms with Crippen LogP contribution < -0.4 is 14.4 Å². The van der Waals surface area contributed by atoms with E-state index < -0.39 is 0 Å². The maximum atomic E-state index is 13.9. The van der Waals surface area contributed by atoms with Crippen LogP contribution in [0.2, 0.25) is 0 Å². The van der Waals surface area contributed by atoms with Gasteiger partial charge in [-0.15, -0.1) is 0 Å². The normalized spacial score (nSPS) is 16.4. The van der Waals surface area contributed by atoms with Crippen molar-refractivity contribution >= 4 is 11.7 Å². The molecular formula is C37H49N3O5. The molecule has 2 aromatic carbocycles. The Kier molecular flexibility index (Phi) is 11.7. The van der Waals surface area contributed by atoms with Gasteiger partial charge < -0.3 is 23.8 Å². The van der Waals surface area contributed by atoms with Gasteiger partial charge in [-0.25, -0.2) is 4.79 Å². The number of hydrogen-bond donors (Lipinski definition) is 0. The number of pyridine rings is 1. The zero-order chi connectivity index (χ0) is 31.6. The first-order valence-corrected chi connectivity index (χ1v) is 16.6. The summed E-state index contributed by atoms with van der Waals surface area (Å²) in [5.74, 6) is 1.22.